The van der Waals surface area contributed by atoms with Gasteiger partial charge >= 0.3 is 0 Å². The second kappa shape index (κ2) is 3.53. The Bertz CT molecular complexity index is 345. The summed E-state index contributed by atoms with van der Waals surface area (Å²) in [4.78, 5) is 0. The smallest absolute Gasteiger partial charge is 0.200 e. The van der Waals surface area contributed by atoms with Crippen molar-refractivity contribution < 1.29 is 13.5 Å². The fourth-order valence-corrected chi connectivity index (χ4v) is 1.08. The molecule has 0 radical (unpaired) electrons. The molecular weight excluding hydrogens is 188 g/mol. The Kier molecular flexibility index (Phi) is 2.76. The Balaban J connectivity index is 3.30. The van der Waals surface area contributed by atoms with Crippen molar-refractivity contribution in [1.29, 1.82) is 0 Å². The zero-order valence-corrected chi connectivity index (χ0v) is 8.40. The second-order valence-corrected chi connectivity index (χ2v) is 3.70. The zero-order chi connectivity index (χ0) is 10.9. The lowest BCUT2D eigenvalue weighted by atomic mass is 9.95. The molecule has 0 unspecified atom stereocenters. The van der Waals surface area contributed by atoms with Gasteiger partial charge in [0.15, 0.2) is 11.6 Å². The van der Waals surface area contributed by atoms with Crippen LogP contribution < -0.4 is 10.5 Å². The third-order valence-electron chi connectivity index (χ3n) is 1.96. The summed E-state index contributed by atoms with van der Waals surface area (Å²) in [5, 5.41) is 0. The molecule has 0 fully saturated rings. The van der Waals surface area contributed by atoms with E-state index in [4.69, 9.17) is 10.5 Å². The maximum absolute atomic E-state index is 13.0. The van der Waals surface area contributed by atoms with Crippen molar-refractivity contribution in [3.63, 3.8) is 0 Å². The lowest BCUT2D eigenvalue weighted by Gasteiger charge is -2.20. The monoisotopic (exact) mass is 201 g/mol. The molecule has 0 aliphatic rings. The van der Waals surface area contributed by atoms with Gasteiger partial charge in [-0.1, -0.05) is 0 Å². The van der Waals surface area contributed by atoms with E-state index in [0.717, 1.165) is 6.07 Å². The second-order valence-electron chi connectivity index (χ2n) is 3.70. The van der Waals surface area contributed by atoms with Crippen LogP contribution in [0.2, 0.25) is 0 Å². The lowest BCUT2D eigenvalue weighted by molar-refractivity contribution is 0.368. The molecular formula is C10H13F2NO. The van der Waals surface area contributed by atoms with Crippen LogP contribution in [0.25, 0.3) is 0 Å². The summed E-state index contributed by atoms with van der Waals surface area (Å²) in [6.07, 6.45) is 0. The molecule has 14 heavy (non-hydrogen) atoms. The van der Waals surface area contributed by atoms with Crippen LogP contribution in [0.3, 0.4) is 0 Å². The quantitative estimate of drug-likeness (QED) is 0.795. The summed E-state index contributed by atoms with van der Waals surface area (Å²) in [6, 6.07) is 2.48. The topological polar surface area (TPSA) is 35.2 Å². The van der Waals surface area contributed by atoms with Crippen molar-refractivity contribution >= 4 is 0 Å². The first-order chi connectivity index (χ1) is 6.36. The van der Waals surface area contributed by atoms with Crippen LogP contribution >= 0.6 is 0 Å². The molecule has 2 N–H and O–H groups in total. The van der Waals surface area contributed by atoms with Gasteiger partial charge in [0.2, 0.25) is 5.82 Å². The number of nitrogens with two attached hydrogens (primary N) is 1. The van der Waals surface area contributed by atoms with Crippen molar-refractivity contribution in [2.24, 2.45) is 5.73 Å². The lowest BCUT2D eigenvalue weighted by Crippen LogP contribution is -2.28. The summed E-state index contributed by atoms with van der Waals surface area (Å²) < 4.78 is 30.8. The van der Waals surface area contributed by atoms with E-state index in [9.17, 15) is 8.78 Å². The Morgan fingerprint density at radius 1 is 1.29 bits per heavy atom. The van der Waals surface area contributed by atoms with Gasteiger partial charge in [-0.05, 0) is 31.5 Å². The minimum absolute atomic E-state index is 0.126. The first kappa shape index (κ1) is 10.9. The Morgan fingerprint density at radius 3 is 2.29 bits per heavy atom. The van der Waals surface area contributed by atoms with Crippen LogP contribution in [0.5, 0.6) is 5.75 Å². The van der Waals surface area contributed by atoms with Crippen molar-refractivity contribution in [3.05, 3.63) is 29.3 Å². The van der Waals surface area contributed by atoms with Crippen molar-refractivity contribution in [2.75, 3.05) is 7.11 Å². The van der Waals surface area contributed by atoms with Crippen LogP contribution in [0, 0.1) is 11.6 Å². The molecule has 0 aromatic heterocycles. The van der Waals surface area contributed by atoms with Crippen molar-refractivity contribution in [3.8, 4) is 5.75 Å². The van der Waals surface area contributed by atoms with E-state index in [2.05, 4.69) is 0 Å². The van der Waals surface area contributed by atoms with Gasteiger partial charge in [0.1, 0.15) is 0 Å². The Hall–Kier alpha value is -1.16. The fourth-order valence-electron chi connectivity index (χ4n) is 1.08. The number of methoxy groups -OCH3 is 1. The zero-order valence-electron chi connectivity index (χ0n) is 8.40. The Labute approximate surface area is 81.7 Å². The molecule has 0 saturated carbocycles. The molecule has 0 atom stereocenters. The largest absolute Gasteiger partial charge is 0.494 e. The molecule has 2 nitrogen and oxygen atoms in total. The van der Waals surface area contributed by atoms with Gasteiger partial charge in [-0.25, -0.2) is 4.39 Å². The molecule has 78 valence electrons. The highest BCUT2D eigenvalue weighted by molar-refractivity contribution is 5.34. The van der Waals surface area contributed by atoms with Gasteiger partial charge in [-0.3, -0.25) is 0 Å². The van der Waals surface area contributed by atoms with E-state index in [0.29, 0.717) is 5.56 Å². The molecule has 0 saturated heterocycles. The molecule has 4 heteroatoms. The van der Waals surface area contributed by atoms with E-state index >= 15 is 0 Å². The van der Waals surface area contributed by atoms with E-state index in [1.807, 2.05) is 0 Å². The third-order valence-corrected chi connectivity index (χ3v) is 1.96. The van der Waals surface area contributed by atoms with E-state index in [1.54, 1.807) is 13.8 Å². The van der Waals surface area contributed by atoms with Crippen LogP contribution in [0.1, 0.15) is 19.4 Å². The molecule has 0 aliphatic carbocycles. The van der Waals surface area contributed by atoms with Crippen LogP contribution in [-0.4, -0.2) is 7.11 Å². The van der Waals surface area contributed by atoms with E-state index in [-0.39, 0.29) is 5.75 Å². The number of benzene rings is 1. The summed E-state index contributed by atoms with van der Waals surface area (Å²) in [6.45, 7) is 3.41. The third kappa shape index (κ3) is 2.01. The van der Waals surface area contributed by atoms with Crippen molar-refractivity contribution in [2.45, 2.75) is 19.4 Å². The van der Waals surface area contributed by atoms with Gasteiger partial charge in [0.25, 0.3) is 0 Å². The Morgan fingerprint density at radius 2 is 1.86 bits per heavy atom. The normalized spacial score (nSPS) is 11.6. The summed E-state index contributed by atoms with van der Waals surface area (Å²) >= 11 is 0. The number of hydrogen-bond acceptors (Lipinski definition) is 2. The molecule has 1 rings (SSSR count). The molecule has 0 spiro atoms. The van der Waals surface area contributed by atoms with Gasteiger partial charge in [-0.2, -0.15) is 4.39 Å². The molecule has 1 aromatic rings. The number of halogens is 2. The number of hydrogen-bond donors (Lipinski definition) is 1. The number of rotatable bonds is 2. The highest BCUT2D eigenvalue weighted by Gasteiger charge is 2.19. The molecule has 0 heterocycles. The van der Waals surface area contributed by atoms with Gasteiger partial charge in [0.05, 0.1) is 7.11 Å². The van der Waals surface area contributed by atoms with Gasteiger partial charge in [-0.15, -0.1) is 0 Å². The molecule has 0 amide bonds. The maximum atomic E-state index is 13.0. The van der Waals surface area contributed by atoms with Crippen LogP contribution in [0.4, 0.5) is 8.78 Å². The summed E-state index contributed by atoms with van der Waals surface area (Å²) in [7, 11) is 1.28. The predicted molar refractivity (Wildman–Crippen MR) is 50.1 cm³/mol. The maximum Gasteiger partial charge on any atom is 0.200 e. The van der Waals surface area contributed by atoms with E-state index < -0.39 is 17.2 Å². The summed E-state index contributed by atoms with van der Waals surface area (Å²) in [5.74, 6) is -2.06. The fraction of sp³-hybridized carbons (Fsp3) is 0.400. The van der Waals surface area contributed by atoms with E-state index in [1.165, 1.54) is 13.2 Å². The SMILES string of the molecule is COc1cc(C(C)(C)N)cc(F)c1F. The molecule has 0 aliphatic heterocycles. The first-order valence-electron chi connectivity index (χ1n) is 4.18. The minimum Gasteiger partial charge on any atom is -0.494 e. The van der Waals surface area contributed by atoms with Gasteiger partial charge < -0.3 is 10.5 Å². The first-order valence-corrected chi connectivity index (χ1v) is 4.18. The standard InChI is InChI=1S/C10H13F2NO/c1-10(2,13)6-4-7(11)9(12)8(5-6)14-3/h4-5H,13H2,1-3H3. The average molecular weight is 201 g/mol. The summed E-state index contributed by atoms with van der Waals surface area (Å²) in [5.41, 5.74) is 5.53. The molecule has 1 aromatic carbocycles. The van der Waals surface area contributed by atoms with Crippen LogP contribution in [-0.2, 0) is 5.54 Å². The minimum atomic E-state index is -0.986. The van der Waals surface area contributed by atoms with Crippen molar-refractivity contribution in [1.82, 2.24) is 0 Å². The number of ether oxygens (including phenoxy) is 1. The van der Waals surface area contributed by atoms with Gasteiger partial charge in [0, 0.05) is 5.54 Å². The molecule has 0 bridgehead atoms. The highest BCUT2D eigenvalue weighted by atomic mass is 19.2. The van der Waals surface area contributed by atoms with Crippen LogP contribution in [0.15, 0.2) is 12.1 Å². The highest BCUT2D eigenvalue weighted by Crippen LogP contribution is 2.26. The average Bonchev–Trinajstić information content (AvgIpc) is 2.07. The predicted octanol–water partition coefficient (Wildman–Crippen LogP) is 2.17.